The molecule has 0 spiro atoms. The molecule has 1 fully saturated rings. The van der Waals surface area contributed by atoms with E-state index in [-0.39, 0.29) is 18.3 Å². The largest absolute Gasteiger partial charge is 0.434 e. The van der Waals surface area contributed by atoms with Gasteiger partial charge in [-0.05, 0) is 43.0 Å². The van der Waals surface area contributed by atoms with E-state index in [0.717, 1.165) is 23.8 Å². The van der Waals surface area contributed by atoms with E-state index in [0.29, 0.717) is 24.7 Å². The molecule has 2 atom stereocenters. The molecule has 3 rings (SSSR count). The Balaban J connectivity index is 0.000000439. The summed E-state index contributed by atoms with van der Waals surface area (Å²) in [5.41, 5.74) is 6.78. The van der Waals surface area contributed by atoms with Crippen LogP contribution in [0.3, 0.4) is 0 Å². The first-order valence-corrected chi connectivity index (χ1v) is 11.9. The van der Waals surface area contributed by atoms with Crippen molar-refractivity contribution in [2.24, 2.45) is 0 Å². The van der Waals surface area contributed by atoms with Crippen molar-refractivity contribution < 1.29 is 28.2 Å². The number of halogens is 3. The topological polar surface area (TPSA) is 113 Å². The van der Waals surface area contributed by atoms with Crippen LogP contribution in [-0.4, -0.2) is 56.3 Å². The molecule has 1 aromatic heterocycles. The van der Waals surface area contributed by atoms with Crippen molar-refractivity contribution >= 4 is 11.7 Å². The Labute approximate surface area is 215 Å². The summed E-state index contributed by atoms with van der Waals surface area (Å²) in [6.07, 6.45) is 4.55. The summed E-state index contributed by atoms with van der Waals surface area (Å²) < 4.78 is 35.4. The molecule has 1 aromatic carbocycles. The molecule has 7 nitrogen and oxygen atoms in total. The van der Waals surface area contributed by atoms with Crippen LogP contribution in [0.4, 0.5) is 19.0 Å². The number of β-amino-alcohol motifs (C(OH)–C–C–N with tert-alkyl or cyclic N) is 1. The van der Waals surface area contributed by atoms with Gasteiger partial charge in [-0.25, -0.2) is 4.98 Å². The van der Waals surface area contributed by atoms with Gasteiger partial charge in [0.05, 0.1) is 24.6 Å². The van der Waals surface area contributed by atoms with Crippen molar-refractivity contribution in [3.63, 3.8) is 0 Å². The standard InChI is InChI=1S/C20H25NO3.C5H4F3N3.C2H6/c1-3-5-15(6-4-2)13-16-7-9-17(10-8-16)20(24)21-12-11-18(22)19(23)14-21;6-5(7,8)3-1-10-2-4(9)11-3;1-2/h3-10,18-19,22-23H,1,11-14H2,2H3;1-2H,(H2,9,11);1-2H3/b6-4-,15-5+;;. The smallest absolute Gasteiger partial charge is 0.390 e. The first-order valence-electron chi connectivity index (χ1n) is 11.9. The van der Waals surface area contributed by atoms with Gasteiger partial charge < -0.3 is 20.8 Å². The van der Waals surface area contributed by atoms with E-state index in [2.05, 4.69) is 16.5 Å². The van der Waals surface area contributed by atoms with Gasteiger partial charge in [0.2, 0.25) is 0 Å². The first-order chi connectivity index (χ1) is 17.5. The van der Waals surface area contributed by atoms with E-state index in [4.69, 9.17) is 5.73 Å². The summed E-state index contributed by atoms with van der Waals surface area (Å²) in [5, 5.41) is 19.3. The minimum Gasteiger partial charge on any atom is -0.390 e. The third-order valence-electron chi connectivity index (χ3n) is 5.10. The highest BCUT2D eigenvalue weighted by Crippen LogP contribution is 2.26. The monoisotopic (exact) mass is 520 g/mol. The molecule has 2 heterocycles. The molecule has 37 heavy (non-hydrogen) atoms. The van der Waals surface area contributed by atoms with Crippen LogP contribution in [0.25, 0.3) is 0 Å². The molecular formula is C27H35F3N4O3. The average molecular weight is 521 g/mol. The lowest BCUT2D eigenvalue weighted by Crippen LogP contribution is -2.48. The van der Waals surface area contributed by atoms with E-state index in [1.807, 2.05) is 63.3 Å². The van der Waals surface area contributed by atoms with Crippen LogP contribution < -0.4 is 5.73 Å². The molecule has 1 aliphatic heterocycles. The third-order valence-corrected chi connectivity index (χ3v) is 5.10. The van der Waals surface area contributed by atoms with Crippen LogP contribution in [0, 0.1) is 0 Å². The predicted molar refractivity (Wildman–Crippen MR) is 139 cm³/mol. The number of aromatic nitrogens is 2. The fraction of sp³-hybridized carbons (Fsp3) is 0.370. The number of carbonyl (C=O) groups is 1. The predicted octanol–water partition coefficient (Wildman–Crippen LogP) is 4.59. The zero-order chi connectivity index (χ0) is 28.0. The van der Waals surface area contributed by atoms with Gasteiger partial charge >= 0.3 is 6.18 Å². The van der Waals surface area contributed by atoms with Crippen molar-refractivity contribution in [2.75, 3.05) is 18.8 Å². The number of hydrogen-bond donors (Lipinski definition) is 3. The fourth-order valence-electron chi connectivity index (χ4n) is 3.34. The molecule has 0 bridgehead atoms. The lowest BCUT2D eigenvalue weighted by molar-refractivity contribution is -0.141. The number of aliphatic hydroxyl groups excluding tert-OH is 2. The molecule has 1 saturated heterocycles. The first kappa shape index (κ1) is 31.5. The number of carbonyl (C=O) groups excluding carboxylic acids is 1. The average Bonchev–Trinajstić information content (AvgIpc) is 2.87. The molecule has 2 aromatic rings. The Kier molecular flexibility index (Phi) is 13.3. The van der Waals surface area contributed by atoms with Gasteiger partial charge in [-0.3, -0.25) is 9.78 Å². The molecule has 0 aliphatic carbocycles. The summed E-state index contributed by atoms with van der Waals surface area (Å²) in [6, 6.07) is 7.53. The number of piperidine rings is 1. The van der Waals surface area contributed by atoms with Crippen LogP contribution in [-0.2, 0) is 12.6 Å². The lowest BCUT2D eigenvalue weighted by atomic mass is 10.0. The molecule has 2 unspecified atom stereocenters. The maximum absolute atomic E-state index is 12.5. The second-order valence-corrected chi connectivity index (χ2v) is 7.85. The quantitative estimate of drug-likeness (QED) is 0.497. The van der Waals surface area contributed by atoms with E-state index < -0.39 is 24.1 Å². The lowest BCUT2D eigenvalue weighted by Gasteiger charge is -2.33. The zero-order valence-corrected chi connectivity index (χ0v) is 21.3. The fourth-order valence-corrected chi connectivity index (χ4v) is 3.34. The number of nitrogens with zero attached hydrogens (tertiary/aromatic N) is 3. The van der Waals surface area contributed by atoms with E-state index in [1.54, 1.807) is 11.0 Å². The van der Waals surface area contributed by atoms with Crippen molar-refractivity contribution in [1.82, 2.24) is 14.9 Å². The van der Waals surface area contributed by atoms with Gasteiger partial charge in [0.25, 0.3) is 5.91 Å². The summed E-state index contributed by atoms with van der Waals surface area (Å²) in [4.78, 5) is 20.4. The third kappa shape index (κ3) is 10.6. The molecule has 0 radical (unpaired) electrons. The number of alkyl halides is 3. The minimum absolute atomic E-state index is 0.109. The molecule has 1 amide bonds. The van der Waals surface area contributed by atoms with Crippen LogP contribution in [0.5, 0.6) is 0 Å². The molecule has 1 aliphatic rings. The molecule has 4 N–H and O–H groups in total. The molecular weight excluding hydrogens is 485 g/mol. The van der Waals surface area contributed by atoms with E-state index in [9.17, 15) is 28.2 Å². The second kappa shape index (κ2) is 15.6. The van der Waals surface area contributed by atoms with Gasteiger partial charge in [-0.1, -0.05) is 56.9 Å². The zero-order valence-electron chi connectivity index (χ0n) is 21.3. The van der Waals surface area contributed by atoms with E-state index >= 15 is 0 Å². The van der Waals surface area contributed by atoms with Gasteiger partial charge in [0, 0.05) is 18.7 Å². The number of benzene rings is 1. The minimum atomic E-state index is -4.47. The number of anilines is 1. The molecule has 202 valence electrons. The Bertz CT molecular complexity index is 1050. The number of aliphatic hydroxyl groups is 2. The highest BCUT2D eigenvalue weighted by Gasteiger charge is 2.33. The number of rotatable bonds is 5. The van der Waals surface area contributed by atoms with Crippen LogP contribution in [0.1, 0.15) is 48.8 Å². The Morgan fingerprint density at radius 1 is 1.19 bits per heavy atom. The van der Waals surface area contributed by atoms with Crippen LogP contribution >= 0.6 is 0 Å². The maximum Gasteiger partial charge on any atom is 0.434 e. The summed E-state index contributed by atoms with van der Waals surface area (Å²) in [6.45, 7) is 10.3. The summed E-state index contributed by atoms with van der Waals surface area (Å²) in [5.74, 6) is -0.345. The number of nitrogens with two attached hydrogens (primary N) is 1. The van der Waals surface area contributed by atoms with Crippen molar-refractivity contribution in [3.05, 3.63) is 89.9 Å². The van der Waals surface area contributed by atoms with Gasteiger partial charge in [-0.2, -0.15) is 13.2 Å². The van der Waals surface area contributed by atoms with Gasteiger partial charge in [0.1, 0.15) is 5.82 Å². The number of amides is 1. The normalized spacial score (nSPS) is 17.8. The SMILES string of the molecule is C=C/C=C(\C=C/C)Cc1ccc(C(=O)N2CCC(O)C(O)C2)cc1.CC.Nc1cncc(C(F)(F)F)n1. The Morgan fingerprint density at radius 2 is 1.84 bits per heavy atom. The summed E-state index contributed by atoms with van der Waals surface area (Å²) >= 11 is 0. The van der Waals surface area contributed by atoms with E-state index in [1.165, 1.54) is 0 Å². The highest BCUT2D eigenvalue weighted by atomic mass is 19.4. The van der Waals surface area contributed by atoms with Gasteiger partial charge in [0.15, 0.2) is 5.69 Å². The van der Waals surface area contributed by atoms with Crippen molar-refractivity contribution in [2.45, 2.75) is 52.0 Å². The van der Waals surface area contributed by atoms with Crippen LogP contribution in [0.15, 0.2) is 73.1 Å². The molecule has 10 heteroatoms. The van der Waals surface area contributed by atoms with Gasteiger partial charge in [-0.15, -0.1) is 0 Å². The number of allylic oxidation sites excluding steroid dienone is 5. The second-order valence-electron chi connectivity index (χ2n) is 7.85. The highest BCUT2D eigenvalue weighted by molar-refractivity contribution is 5.94. The number of hydrogen-bond acceptors (Lipinski definition) is 6. The molecule has 0 saturated carbocycles. The Morgan fingerprint density at radius 3 is 2.32 bits per heavy atom. The van der Waals surface area contributed by atoms with Crippen molar-refractivity contribution in [1.29, 1.82) is 0 Å². The Hall–Kier alpha value is -3.50. The van der Waals surface area contributed by atoms with Crippen LogP contribution in [0.2, 0.25) is 0 Å². The maximum atomic E-state index is 12.5. The number of likely N-dealkylation sites (tertiary alicyclic amines) is 1. The van der Waals surface area contributed by atoms with Crippen molar-refractivity contribution in [3.8, 4) is 0 Å². The summed E-state index contributed by atoms with van der Waals surface area (Å²) in [7, 11) is 0. The number of nitrogen functional groups attached to an aromatic ring is 1.